The molecule has 0 saturated carbocycles. The van der Waals surface area contributed by atoms with E-state index in [-0.39, 0.29) is 5.91 Å². The van der Waals surface area contributed by atoms with Gasteiger partial charge in [-0.15, -0.1) is 11.3 Å². The number of methoxy groups -OCH3 is 1. The van der Waals surface area contributed by atoms with Gasteiger partial charge in [-0.05, 0) is 32.4 Å². The lowest BCUT2D eigenvalue weighted by Gasteiger charge is -2.20. The number of ether oxygens (including phenoxy) is 1. The third kappa shape index (κ3) is 3.45. The summed E-state index contributed by atoms with van der Waals surface area (Å²) in [5.74, 6) is -0.245. The zero-order valence-corrected chi connectivity index (χ0v) is 14.5. The van der Waals surface area contributed by atoms with E-state index in [9.17, 15) is 4.79 Å². The number of rotatable bonds is 5. The Hall–Kier alpha value is -1.50. The van der Waals surface area contributed by atoms with Gasteiger partial charge >= 0.3 is 0 Å². The molecule has 0 spiro atoms. The predicted octanol–water partition coefficient (Wildman–Crippen LogP) is 3.78. The quantitative estimate of drug-likeness (QED) is 0.900. The van der Waals surface area contributed by atoms with Crippen LogP contribution in [0, 0.1) is 0 Å². The van der Waals surface area contributed by atoms with E-state index in [1.54, 1.807) is 32.2 Å². The lowest BCUT2D eigenvalue weighted by atomic mass is 10.1. The molecule has 118 valence electrons. The Morgan fingerprint density at radius 2 is 2.18 bits per heavy atom. The van der Waals surface area contributed by atoms with Crippen molar-refractivity contribution in [3.05, 3.63) is 28.2 Å². The van der Waals surface area contributed by atoms with Crippen molar-refractivity contribution in [2.24, 2.45) is 0 Å². The Morgan fingerprint density at radius 3 is 2.77 bits per heavy atom. The number of aryl methyl sites for hydroxylation is 1. The second-order valence-corrected chi connectivity index (χ2v) is 6.64. The number of anilines is 1. The van der Waals surface area contributed by atoms with Crippen LogP contribution < -0.4 is 5.32 Å². The molecule has 0 atom stereocenters. The number of hydrogen-bond acceptors (Lipinski definition) is 5. The molecule has 1 amide bonds. The molecule has 2 rings (SSSR count). The van der Waals surface area contributed by atoms with Crippen molar-refractivity contribution < 1.29 is 9.53 Å². The van der Waals surface area contributed by atoms with E-state index < -0.39 is 5.60 Å². The Labute approximate surface area is 138 Å². The summed E-state index contributed by atoms with van der Waals surface area (Å²) >= 11 is 7.61. The predicted molar refractivity (Wildman–Crippen MR) is 89.5 cm³/mol. The largest absolute Gasteiger partial charge is 0.369 e. The van der Waals surface area contributed by atoms with Gasteiger partial charge in [-0.25, -0.2) is 4.98 Å². The van der Waals surface area contributed by atoms with Crippen molar-refractivity contribution in [2.45, 2.75) is 32.8 Å². The molecule has 0 aromatic carbocycles. The molecule has 0 aliphatic carbocycles. The molecular weight excluding hydrogens is 322 g/mol. The summed E-state index contributed by atoms with van der Waals surface area (Å²) < 4.78 is 5.17. The van der Waals surface area contributed by atoms with Gasteiger partial charge in [0.1, 0.15) is 17.0 Å². The first-order valence-electron chi connectivity index (χ1n) is 6.86. The second-order valence-electron chi connectivity index (χ2n) is 5.15. The van der Waals surface area contributed by atoms with Gasteiger partial charge in [0.2, 0.25) is 0 Å². The highest BCUT2D eigenvalue weighted by molar-refractivity contribution is 7.16. The molecule has 0 saturated heterocycles. The Kier molecular flexibility index (Phi) is 5.16. The summed E-state index contributed by atoms with van der Waals surface area (Å²) in [5, 5.41) is 3.85. The highest BCUT2D eigenvalue weighted by Crippen LogP contribution is 2.34. The fourth-order valence-electron chi connectivity index (χ4n) is 1.73. The summed E-state index contributed by atoms with van der Waals surface area (Å²) in [7, 11) is 1.50. The number of hydrogen-bond donors (Lipinski definition) is 1. The van der Waals surface area contributed by atoms with Crippen LogP contribution in [0.1, 0.15) is 25.6 Å². The Bertz CT molecular complexity index is 685. The minimum Gasteiger partial charge on any atom is -0.369 e. The number of aromatic nitrogens is 2. The number of nitrogens with zero attached hydrogens (tertiary/aromatic N) is 2. The van der Waals surface area contributed by atoms with Crippen molar-refractivity contribution in [3.8, 4) is 11.4 Å². The van der Waals surface area contributed by atoms with Gasteiger partial charge in [-0.3, -0.25) is 15.1 Å². The lowest BCUT2D eigenvalue weighted by Crippen LogP contribution is -2.38. The lowest BCUT2D eigenvalue weighted by molar-refractivity contribution is -0.133. The van der Waals surface area contributed by atoms with E-state index in [1.807, 2.05) is 6.92 Å². The number of nitrogens with one attached hydrogen (secondary N) is 1. The van der Waals surface area contributed by atoms with E-state index >= 15 is 0 Å². The molecule has 0 radical (unpaired) electrons. The van der Waals surface area contributed by atoms with E-state index in [0.717, 1.165) is 11.3 Å². The van der Waals surface area contributed by atoms with Crippen LogP contribution in [0.25, 0.3) is 11.4 Å². The molecule has 0 aliphatic heterocycles. The number of amides is 1. The Balaban J connectivity index is 2.34. The van der Waals surface area contributed by atoms with Crippen LogP contribution >= 0.6 is 22.9 Å². The molecule has 0 unspecified atom stereocenters. The van der Waals surface area contributed by atoms with Gasteiger partial charge < -0.3 is 4.74 Å². The Morgan fingerprint density at radius 1 is 1.45 bits per heavy atom. The van der Waals surface area contributed by atoms with Crippen LogP contribution in [-0.4, -0.2) is 28.6 Å². The molecule has 5 nitrogen and oxygen atoms in total. The van der Waals surface area contributed by atoms with E-state index in [1.165, 1.54) is 18.4 Å². The smallest absolute Gasteiger partial charge is 0.257 e. The van der Waals surface area contributed by atoms with Crippen molar-refractivity contribution in [1.29, 1.82) is 0 Å². The van der Waals surface area contributed by atoms with Gasteiger partial charge in [0.05, 0.1) is 5.02 Å². The summed E-state index contributed by atoms with van der Waals surface area (Å²) in [6, 6.07) is 3.54. The van der Waals surface area contributed by atoms with Crippen molar-refractivity contribution in [3.63, 3.8) is 0 Å². The second kappa shape index (κ2) is 6.73. The molecule has 0 aliphatic rings. The van der Waals surface area contributed by atoms with Crippen molar-refractivity contribution >= 4 is 34.0 Å². The monoisotopic (exact) mass is 339 g/mol. The third-order valence-corrected chi connectivity index (χ3v) is 4.70. The van der Waals surface area contributed by atoms with E-state index in [4.69, 9.17) is 16.3 Å². The number of carbonyl (C=O) groups excluding carboxylic acids is 1. The topological polar surface area (TPSA) is 64.1 Å². The summed E-state index contributed by atoms with van der Waals surface area (Å²) in [4.78, 5) is 22.0. The third-order valence-electron chi connectivity index (χ3n) is 3.28. The number of thiazole rings is 1. The van der Waals surface area contributed by atoms with Crippen LogP contribution in [0.4, 0.5) is 5.13 Å². The highest BCUT2D eigenvalue weighted by Gasteiger charge is 2.28. The standard InChI is InChI=1S/C15H18ClN3O2S/c1-5-10-12(11-9(16)7-6-8-17-11)18-14(22-10)19-13(20)15(2,3)21-4/h6-8H,5H2,1-4H3,(H,18,19,20). The van der Waals surface area contributed by atoms with Gasteiger partial charge in [0.15, 0.2) is 5.13 Å². The van der Waals surface area contributed by atoms with Crippen LogP contribution in [-0.2, 0) is 16.0 Å². The van der Waals surface area contributed by atoms with Crippen molar-refractivity contribution in [2.75, 3.05) is 12.4 Å². The first kappa shape index (κ1) is 16.9. The average Bonchev–Trinajstić information content (AvgIpc) is 2.90. The molecule has 0 fully saturated rings. The van der Waals surface area contributed by atoms with Gasteiger partial charge in [-0.1, -0.05) is 18.5 Å². The number of pyridine rings is 1. The zero-order chi connectivity index (χ0) is 16.3. The fourth-order valence-corrected chi connectivity index (χ4v) is 2.84. The van der Waals surface area contributed by atoms with E-state index in [2.05, 4.69) is 15.3 Å². The molecule has 2 heterocycles. The zero-order valence-electron chi connectivity index (χ0n) is 12.9. The number of halogens is 1. The van der Waals surface area contributed by atoms with Crippen LogP contribution in [0.5, 0.6) is 0 Å². The maximum absolute atomic E-state index is 12.2. The first-order valence-corrected chi connectivity index (χ1v) is 8.05. The van der Waals surface area contributed by atoms with Gasteiger partial charge in [0.25, 0.3) is 5.91 Å². The van der Waals surface area contributed by atoms with Crippen LogP contribution in [0.2, 0.25) is 5.02 Å². The maximum Gasteiger partial charge on any atom is 0.257 e. The molecule has 22 heavy (non-hydrogen) atoms. The minimum atomic E-state index is -0.916. The first-order chi connectivity index (χ1) is 10.4. The maximum atomic E-state index is 12.2. The molecule has 0 bridgehead atoms. The van der Waals surface area contributed by atoms with E-state index in [0.29, 0.717) is 21.5 Å². The summed E-state index contributed by atoms with van der Waals surface area (Å²) in [6.45, 7) is 5.43. The highest BCUT2D eigenvalue weighted by atomic mass is 35.5. The molecular formula is C15H18ClN3O2S. The molecule has 7 heteroatoms. The van der Waals surface area contributed by atoms with Crippen molar-refractivity contribution in [1.82, 2.24) is 9.97 Å². The summed E-state index contributed by atoms with van der Waals surface area (Å²) in [6.07, 6.45) is 2.45. The summed E-state index contributed by atoms with van der Waals surface area (Å²) in [5.41, 5.74) is 0.424. The average molecular weight is 340 g/mol. The molecule has 2 aromatic heterocycles. The fraction of sp³-hybridized carbons (Fsp3) is 0.400. The minimum absolute atomic E-state index is 0.245. The van der Waals surface area contributed by atoms with Gasteiger partial charge in [-0.2, -0.15) is 0 Å². The van der Waals surface area contributed by atoms with Gasteiger partial charge in [0, 0.05) is 18.2 Å². The molecule has 1 N–H and O–H groups in total. The normalized spacial score (nSPS) is 11.5. The van der Waals surface area contributed by atoms with Crippen LogP contribution in [0.3, 0.4) is 0 Å². The SMILES string of the molecule is CCc1sc(NC(=O)C(C)(C)OC)nc1-c1ncccc1Cl. The number of carbonyl (C=O) groups is 1. The van der Waals surface area contributed by atoms with Crippen LogP contribution in [0.15, 0.2) is 18.3 Å². The molecule has 2 aromatic rings.